The Balaban J connectivity index is 2.57. The third-order valence-electron chi connectivity index (χ3n) is 1.67. The molecule has 2 heterocycles. The van der Waals surface area contributed by atoms with Crippen LogP contribution in [-0.2, 0) is 0 Å². The molecule has 0 N–H and O–H groups in total. The average molecular weight is 185 g/mol. The van der Waals surface area contributed by atoms with Crippen LogP contribution in [0.2, 0.25) is 0 Å². The summed E-state index contributed by atoms with van der Waals surface area (Å²) < 4.78 is 13.2. The first-order valence-corrected chi connectivity index (χ1v) is 3.96. The summed E-state index contributed by atoms with van der Waals surface area (Å²) in [6, 6.07) is 3.11. The molecule has 66 valence electrons. The van der Waals surface area contributed by atoms with Crippen molar-refractivity contribution in [3.05, 3.63) is 36.7 Å². The van der Waals surface area contributed by atoms with E-state index in [1.54, 1.807) is 6.07 Å². The van der Waals surface area contributed by atoms with Crippen molar-refractivity contribution < 1.29 is 4.39 Å². The SMILES string of the molecule is [B]c1cnc(F)c(-c2ncccn2)c1. The van der Waals surface area contributed by atoms with Crippen LogP contribution in [0.15, 0.2) is 30.7 Å². The highest BCUT2D eigenvalue weighted by Gasteiger charge is 2.07. The van der Waals surface area contributed by atoms with Crippen molar-refractivity contribution in [3.8, 4) is 11.4 Å². The molecule has 0 amide bonds. The highest BCUT2D eigenvalue weighted by Crippen LogP contribution is 2.13. The molecule has 0 bridgehead atoms. The Bertz CT molecular complexity index is 447. The molecule has 0 atom stereocenters. The minimum atomic E-state index is -0.620. The smallest absolute Gasteiger partial charge is 0.223 e. The maximum absolute atomic E-state index is 13.2. The third-order valence-corrected chi connectivity index (χ3v) is 1.67. The van der Waals surface area contributed by atoms with E-state index >= 15 is 0 Å². The minimum Gasteiger partial charge on any atom is -0.236 e. The summed E-state index contributed by atoms with van der Waals surface area (Å²) >= 11 is 0. The van der Waals surface area contributed by atoms with E-state index in [0.717, 1.165) is 0 Å². The fourth-order valence-electron chi connectivity index (χ4n) is 1.06. The van der Waals surface area contributed by atoms with Crippen molar-refractivity contribution >= 4 is 13.3 Å². The van der Waals surface area contributed by atoms with Crippen LogP contribution < -0.4 is 5.46 Å². The van der Waals surface area contributed by atoms with Crippen LogP contribution in [0.5, 0.6) is 0 Å². The number of pyridine rings is 1. The van der Waals surface area contributed by atoms with E-state index in [0.29, 0.717) is 5.46 Å². The van der Waals surface area contributed by atoms with E-state index < -0.39 is 5.95 Å². The van der Waals surface area contributed by atoms with Gasteiger partial charge in [0.2, 0.25) is 5.95 Å². The Morgan fingerprint density at radius 2 is 1.86 bits per heavy atom. The van der Waals surface area contributed by atoms with Crippen LogP contribution >= 0.6 is 0 Å². The van der Waals surface area contributed by atoms with Crippen LogP contribution in [0.4, 0.5) is 4.39 Å². The minimum absolute atomic E-state index is 0.214. The maximum atomic E-state index is 13.2. The molecule has 2 aromatic rings. The van der Waals surface area contributed by atoms with Crippen molar-refractivity contribution in [2.45, 2.75) is 0 Å². The van der Waals surface area contributed by atoms with Gasteiger partial charge in [-0.05, 0) is 6.07 Å². The molecule has 2 rings (SSSR count). The van der Waals surface area contributed by atoms with Crippen molar-refractivity contribution in [2.24, 2.45) is 0 Å². The van der Waals surface area contributed by atoms with Crippen LogP contribution in [0.25, 0.3) is 11.4 Å². The zero-order chi connectivity index (χ0) is 9.97. The predicted octanol–water partition coefficient (Wildman–Crippen LogP) is 0.471. The number of aromatic nitrogens is 3. The van der Waals surface area contributed by atoms with Crippen molar-refractivity contribution in [2.75, 3.05) is 0 Å². The molecular weight excluding hydrogens is 180 g/mol. The number of halogens is 1. The van der Waals surface area contributed by atoms with E-state index in [4.69, 9.17) is 7.85 Å². The van der Waals surface area contributed by atoms with E-state index in [9.17, 15) is 4.39 Å². The van der Waals surface area contributed by atoms with Gasteiger partial charge >= 0.3 is 0 Å². The topological polar surface area (TPSA) is 38.7 Å². The quantitative estimate of drug-likeness (QED) is 0.478. The Morgan fingerprint density at radius 3 is 2.57 bits per heavy atom. The lowest BCUT2D eigenvalue weighted by atomic mass is 9.97. The largest absolute Gasteiger partial charge is 0.236 e. The second-order valence-electron chi connectivity index (χ2n) is 2.68. The lowest BCUT2D eigenvalue weighted by Gasteiger charge is -2.01. The summed E-state index contributed by atoms with van der Waals surface area (Å²) in [5, 5.41) is 0. The monoisotopic (exact) mass is 185 g/mol. The molecule has 0 aliphatic carbocycles. The fraction of sp³-hybridized carbons (Fsp3) is 0. The molecule has 0 aliphatic rings. The lowest BCUT2D eigenvalue weighted by Crippen LogP contribution is -2.06. The number of nitrogens with zero attached hydrogens (tertiary/aromatic N) is 3. The lowest BCUT2D eigenvalue weighted by molar-refractivity contribution is 0.587. The Morgan fingerprint density at radius 1 is 1.14 bits per heavy atom. The van der Waals surface area contributed by atoms with Gasteiger partial charge in [-0.3, -0.25) is 0 Å². The van der Waals surface area contributed by atoms with E-state index in [1.165, 1.54) is 24.7 Å². The molecule has 0 saturated heterocycles. The van der Waals surface area contributed by atoms with Crippen LogP contribution in [0, 0.1) is 5.95 Å². The highest BCUT2D eigenvalue weighted by atomic mass is 19.1. The van der Waals surface area contributed by atoms with Gasteiger partial charge in [0.15, 0.2) is 5.82 Å². The molecule has 0 fully saturated rings. The molecule has 2 aromatic heterocycles. The average Bonchev–Trinajstić information content (AvgIpc) is 2.23. The second kappa shape index (κ2) is 3.53. The van der Waals surface area contributed by atoms with Gasteiger partial charge in [0.1, 0.15) is 7.85 Å². The molecule has 0 aliphatic heterocycles. The Labute approximate surface area is 81.5 Å². The van der Waals surface area contributed by atoms with Crippen LogP contribution in [0.1, 0.15) is 0 Å². The molecule has 0 spiro atoms. The van der Waals surface area contributed by atoms with Crippen LogP contribution in [0.3, 0.4) is 0 Å². The van der Waals surface area contributed by atoms with Gasteiger partial charge in [-0.25, -0.2) is 15.0 Å². The van der Waals surface area contributed by atoms with Crippen molar-refractivity contribution in [1.29, 1.82) is 0 Å². The van der Waals surface area contributed by atoms with Crippen molar-refractivity contribution in [1.82, 2.24) is 15.0 Å². The van der Waals surface area contributed by atoms with Gasteiger partial charge in [-0.15, -0.1) is 0 Å². The second-order valence-corrected chi connectivity index (χ2v) is 2.68. The molecular formula is C9H5BFN3. The standard InChI is InChI=1S/C9H5BFN3/c10-6-4-7(8(11)14-5-6)9-12-2-1-3-13-9/h1-5H. The van der Waals surface area contributed by atoms with Crippen molar-refractivity contribution in [3.63, 3.8) is 0 Å². The summed E-state index contributed by atoms with van der Waals surface area (Å²) in [6.07, 6.45) is 4.32. The van der Waals surface area contributed by atoms with Gasteiger partial charge in [0.05, 0.1) is 5.56 Å². The number of hydrogen-bond acceptors (Lipinski definition) is 3. The first kappa shape index (κ1) is 8.81. The Hall–Kier alpha value is -1.78. The van der Waals surface area contributed by atoms with E-state index in [-0.39, 0.29) is 11.4 Å². The number of hydrogen-bond donors (Lipinski definition) is 0. The Kier molecular flexibility index (Phi) is 2.22. The molecule has 3 nitrogen and oxygen atoms in total. The van der Waals surface area contributed by atoms with E-state index in [2.05, 4.69) is 15.0 Å². The first-order chi connectivity index (χ1) is 6.77. The maximum Gasteiger partial charge on any atom is 0.223 e. The fourth-order valence-corrected chi connectivity index (χ4v) is 1.06. The van der Waals surface area contributed by atoms with Gasteiger partial charge in [-0.2, -0.15) is 4.39 Å². The van der Waals surface area contributed by atoms with Crippen LogP contribution in [-0.4, -0.2) is 22.8 Å². The van der Waals surface area contributed by atoms with Gasteiger partial charge in [0.25, 0.3) is 0 Å². The number of rotatable bonds is 1. The molecule has 0 saturated carbocycles. The highest BCUT2D eigenvalue weighted by molar-refractivity contribution is 6.32. The summed E-state index contributed by atoms with van der Waals surface area (Å²) in [6.45, 7) is 0. The molecule has 5 heteroatoms. The summed E-state index contributed by atoms with van der Waals surface area (Å²) in [4.78, 5) is 11.3. The molecule has 2 radical (unpaired) electrons. The first-order valence-electron chi connectivity index (χ1n) is 3.96. The zero-order valence-electron chi connectivity index (χ0n) is 7.18. The molecule has 0 unspecified atom stereocenters. The molecule has 0 aromatic carbocycles. The van der Waals surface area contributed by atoms with E-state index in [1.807, 2.05) is 0 Å². The van der Waals surface area contributed by atoms with Gasteiger partial charge in [0, 0.05) is 18.6 Å². The van der Waals surface area contributed by atoms with Gasteiger partial charge in [-0.1, -0.05) is 11.5 Å². The predicted molar refractivity (Wildman–Crippen MR) is 50.6 cm³/mol. The normalized spacial score (nSPS) is 10.1. The summed E-state index contributed by atoms with van der Waals surface area (Å²) in [5.74, 6) is -0.338. The summed E-state index contributed by atoms with van der Waals surface area (Å²) in [7, 11) is 5.48. The van der Waals surface area contributed by atoms with Gasteiger partial charge < -0.3 is 0 Å². The zero-order valence-corrected chi connectivity index (χ0v) is 7.18. The molecule has 14 heavy (non-hydrogen) atoms. The summed E-state index contributed by atoms with van der Waals surface area (Å²) in [5.41, 5.74) is 0.597. The third kappa shape index (κ3) is 1.61.